The molecular weight excluding hydrogens is 408 g/mol. The third-order valence-electron chi connectivity index (χ3n) is 5.89. The fourth-order valence-electron chi connectivity index (χ4n) is 4.00. The number of likely N-dealkylation sites (tertiary alicyclic amines) is 1. The molecule has 166 valence electrons. The summed E-state index contributed by atoms with van der Waals surface area (Å²) in [6, 6.07) is 3.72. The summed E-state index contributed by atoms with van der Waals surface area (Å²) >= 11 is 0. The summed E-state index contributed by atoms with van der Waals surface area (Å²) in [5.74, 6) is 1.59. The van der Waals surface area contributed by atoms with Gasteiger partial charge in [-0.25, -0.2) is 15.0 Å². The van der Waals surface area contributed by atoms with Crippen LogP contribution in [0.1, 0.15) is 31.2 Å². The van der Waals surface area contributed by atoms with E-state index in [2.05, 4.69) is 30.3 Å². The van der Waals surface area contributed by atoms with Crippen LogP contribution in [-0.4, -0.2) is 68.0 Å². The van der Waals surface area contributed by atoms with Gasteiger partial charge in [-0.1, -0.05) is 6.92 Å². The number of nitrogens with zero attached hydrogens (tertiary/aromatic N) is 7. The number of ketones is 1. The van der Waals surface area contributed by atoms with E-state index in [9.17, 15) is 4.79 Å². The molecule has 0 amide bonds. The number of fused-ring (bicyclic) bond motifs is 1. The number of imidazole rings is 1. The Morgan fingerprint density at radius 1 is 1.19 bits per heavy atom. The molecule has 0 aliphatic carbocycles. The minimum absolute atomic E-state index is 0.0961. The number of hydrogen-bond donors (Lipinski definition) is 1. The van der Waals surface area contributed by atoms with Gasteiger partial charge >= 0.3 is 0 Å². The normalized spacial score (nSPS) is 18.6. The van der Waals surface area contributed by atoms with Crippen LogP contribution in [0.5, 0.6) is 5.88 Å². The number of pyridine rings is 1. The average molecular weight is 435 g/mol. The number of aromatic nitrogens is 5. The zero-order chi connectivity index (χ0) is 21.9. The van der Waals surface area contributed by atoms with Crippen molar-refractivity contribution >= 4 is 17.3 Å². The minimum atomic E-state index is -0.260. The summed E-state index contributed by atoms with van der Waals surface area (Å²) in [5.41, 5.74) is 4.79. The lowest BCUT2D eigenvalue weighted by molar-refractivity contribution is -0.119. The van der Waals surface area contributed by atoms with Crippen molar-refractivity contribution in [1.82, 2.24) is 29.4 Å². The Labute approximate surface area is 186 Å². The van der Waals surface area contributed by atoms with Crippen molar-refractivity contribution in [2.45, 2.75) is 25.7 Å². The maximum Gasteiger partial charge on any atom is 0.236 e. The highest BCUT2D eigenvalue weighted by atomic mass is 16.5. The number of ether oxygens (including phenoxy) is 1. The molecule has 2 aliphatic rings. The molecule has 1 atom stereocenters. The van der Waals surface area contributed by atoms with Gasteiger partial charge in [-0.05, 0) is 32.0 Å². The SMILES string of the molecule is CC1C(=O)CN(Nc2ccc(OCCN3CCCC3)nc2)c2nc(-n3ccnc3)ncc21. The van der Waals surface area contributed by atoms with Gasteiger partial charge in [-0.15, -0.1) is 0 Å². The molecule has 1 N–H and O–H groups in total. The van der Waals surface area contributed by atoms with Crippen LogP contribution in [0.15, 0.2) is 43.2 Å². The third-order valence-corrected chi connectivity index (χ3v) is 5.89. The van der Waals surface area contributed by atoms with E-state index in [0.29, 0.717) is 24.3 Å². The van der Waals surface area contributed by atoms with Gasteiger partial charge in [0.25, 0.3) is 0 Å². The number of nitrogens with one attached hydrogen (secondary N) is 1. The molecule has 2 aliphatic heterocycles. The van der Waals surface area contributed by atoms with E-state index in [-0.39, 0.29) is 18.2 Å². The topological polar surface area (TPSA) is 101 Å². The summed E-state index contributed by atoms with van der Waals surface area (Å²) in [4.78, 5) is 32.5. The maximum atomic E-state index is 12.6. The molecule has 0 aromatic carbocycles. The van der Waals surface area contributed by atoms with Gasteiger partial charge < -0.3 is 4.74 Å². The molecule has 10 heteroatoms. The quantitative estimate of drug-likeness (QED) is 0.599. The summed E-state index contributed by atoms with van der Waals surface area (Å²) in [6.07, 6.45) is 11.1. The van der Waals surface area contributed by atoms with E-state index in [1.807, 2.05) is 19.1 Å². The van der Waals surface area contributed by atoms with Crippen LogP contribution in [0.4, 0.5) is 11.5 Å². The fourth-order valence-corrected chi connectivity index (χ4v) is 4.00. The molecule has 10 nitrogen and oxygen atoms in total. The Morgan fingerprint density at radius 3 is 2.81 bits per heavy atom. The van der Waals surface area contributed by atoms with Gasteiger partial charge in [0.1, 0.15) is 19.5 Å². The van der Waals surface area contributed by atoms with Gasteiger partial charge in [0.2, 0.25) is 11.8 Å². The Bertz CT molecular complexity index is 1060. The lowest BCUT2D eigenvalue weighted by atomic mass is 9.95. The second-order valence-electron chi connectivity index (χ2n) is 8.09. The number of carbonyl (C=O) groups excluding carboxylic acids is 1. The lowest BCUT2D eigenvalue weighted by Gasteiger charge is -2.32. The Kier molecular flexibility index (Phi) is 5.68. The highest BCUT2D eigenvalue weighted by molar-refractivity contribution is 5.93. The average Bonchev–Trinajstić information content (AvgIpc) is 3.53. The fraction of sp³-hybridized carbons (Fsp3) is 0.409. The molecule has 1 saturated heterocycles. The first-order chi connectivity index (χ1) is 15.7. The molecule has 3 aromatic rings. The van der Waals surface area contributed by atoms with E-state index in [0.717, 1.165) is 30.9 Å². The zero-order valence-corrected chi connectivity index (χ0v) is 18.0. The molecule has 0 radical (unpaired) electrons. The Morgan fingerprint density at radius 2 is 2.06 bits per heavy atom. The molecule has 0 spiro atoms. The van der Waals surface area contributed by atoms with Crippen LogP contribution in [0, 0.1) is 0 Å². The predicted molar refractivity (Wildman–Crippen MR) is 119 cm³/mol. The molecule has 5 rings (SSSR count). The second-order valence-corrected chi connectivity index (χ2v) is 8.09. The molecule has 3 aromatic heterocycles. The van der Waals surface area contributed by atoms with E-state index < -0.39 is 0 Å². The van der Waals surface area contributed by atoms with Crippen molar-refractivity contribution < 1.29 is 9.53 Å². The van der Waals surface area contributed by atoms with Crippen LogP contribution >= 0.6 is 0 Å². The van der Waals surface area contributed by atoms with Crippen LogP contribution in [0.3, 0.4) is 0 Å². The van der Waals surface area contributed by atoms with Crippen LogP contribution in [-0.2, 0) is 4.79 Å². The first kappa shape index (κ1) is 20.4. The van der Waals surface area contributed by atoms with Gasteiger partial charge in [0.05, 0.1) is 11.9 Å². The van der Waals surface area contributed by atoms with Gasteiger partial charge in [-0.2, -0.15) is 4.98 Å². The first-order valence-corrected chi connectivity index (χ1v) is 10.9. The van der Waals surface area contributed by atoms with Crippen molar-refractivity contribution in [2.75, 3.05) is 43.2 Å². The van der Waals surface area contributed by atoms with Gasteiger partial charge in [0.15, 0.2) is 11.6 Å². The summed E-state index contributed by atoms with van der Waals surface area (Å²) in [6.45, 7) is 5.93. The van der Waals surface area contributed by atoms with Crippen LogP contribution in [0.25, 0.3) is 5.95 Å². The molecule has 0 saturated carbocycles. The Balaban J connectivity index is 1.29. The Hall–Kier alpha value is -3.53. The van der Waals surface area contributed by atoms with E-state index in [1.165, 1.54) is 12.8 Å². The molecule has 1 fully saturated rings. The second kappa shape index (κ2) is 8.91. The molecular formula is C22H26N8O2. The number of rotatable bonds is 7. The smallest absolute Gasteiger partial charge is 0.236 e. The first-order valence-electron chi connectivity index (χ1n) is 10.9. The molecule has 0 bridgehead atoms. The minimum Gasteiger partial charge on any atom is -0.476 e. The number of hydrazine groups is 1. The molecule has 5 heterocycles. The number of anilines is 2. The standard InChI is InChI=1S/C22H26N8O2/c1-16-18-13-25-22(29-9-6-23-15-29)26-21(18)30(14-19(16)31)27-17-4-5-20(24-12-17)32-11-10-28-7-2-3-8-28/h4-6,9,12-13,15-16,27H,2-3,7-8,10-11,14H2,1H3. The van der Waals surface area contributed by atoms with Gasteiger partial charge in [-0.3, -0.25) is 24.7 Å². The summed E-state index contributed by atoms with van der Waals surface area (Å²) in [7, 11) is 0. The van der Waals surface area contributed by atoms with Crippen LogP contribution < -0.4 is 15.2 Å². The van der Waals surface area contributed by atoms with E-state index in [4.69, 9.17) is 4.74 Å². The van der Waals surface area contributed by atoms with Crippen molar-refractivity contribution in [3.05, 3.63) is 48.8 Å². The summed E-state index contributed by atoms with van der Waals surface area (Å²) in [5, 5.41) is 1.74. The predicted octanol–water partition coefficient (Wildman–Crippen LogP) is 2.05. The largest absolute Gasteiger partial charge is 0.476 e. The number of Topliss-reactive ketones (excluding diaryl/α,β-unsaturated/α-hetero) is 1. The third kappa shape index (κ3) is 4.26. The lowest BCUT2D eigenvalue weighted by Crippen LogP contribution is -2.42. The highest BCUT2D eigenvalue weighted by Crippen LogP contribution is 2.31. The monoisotopic (exact) mass is 434 g/mol. The van der Waals surface area contributed by atoms with Crippen molar-refractivity contribution in [3.8, 4) is 11.8 Å². The molecule has 32 heavy (non-hydrogen) atoms. The summed E-state index contributed by atoms with van der Waals surface area (Å²) < 4.78 is 7.51. The van der Waals surface area contributed by atoms with E-state index >= 15 is 0 Å². The van der Waals surface area contributed by atoms with E-state index in [1.54, 1.807) is 40.7 Å². The number of carbonyl (C=O) groups is 1. The molecule has 1 unspecified atom stereocenters. The maximum absolute atomic E-state index is 12.6. The van der Waals surface area contributed by atoms with Crippen molar-refractivity contribution in [3.63, 3.8) is 0 Å². The number of hydrogen-bond acceptors (Lipinski definition) is 9. The van der Waals surface area contributed by atoms with Crippen molar-refractivity contribution in [1.29, 1.82) is 0 Å². The van der Waals surface area contributed by atoms with Crippen LogP contribution in [0.2, 0.25) is 0 Å². The zero-order valence-electron chi connectivity index (χ0n) is 18.0. The van der Waals surface area contributed by atoms with Gasteiger partial charge in [0, 0.05) is 42.7 Å². The van der Waals surface area contributed by atoms with Crippen molar-refractivity contribution in [2.24, 2.45) is 0 Å². The highest BCUT2D eigenvalue weighted by Gasteiger charge is 2.31.